The number of rotatable bonds is 2. The highest BCUT2D eigenvalue weighted by Crippen LogP contribution is 2.37. The van der Waals surface area contributed by atoms with E-state index >= 15 is 0 Å². The standard InChI is InChI=1S/C13H19NO/c1-2-13(6-8-14-9-7-13)11-4-3-5-12(15)10-11/h3-5,10,14-15H,2,6-9H2,1H3. The van der Waals surface area contributed by atoms with Crippen LogP contribution in [0.3, 0.4) is 0 Å². The van der Waals surface area contributed by atoms with Gasteiger partial charge in [-0.1, -0.05) is 19.1 Å². The predicted molar refractivity (Wildman–Crippen MR) is 62.2 cm³/mol. The van der Waals surface area contributed by atoms with Gasteiger partial charge in [-0.05, 0) is 55.5 Å². The molecular weight excluding hydrogens is 186 g/mol. The Labute approximate surface area is 91.3 Å². The Balaban J connectivity index is 2.32. The summed E-state index contributed by atoms with van der Waals surface area (Å²) in [5.41, 5.74) is 1.58. The first kappa shape index (κ1) is 10.5. The molecule has 1 aliphatic rings. The minimum Gasteiger partial charge on any atom is -0.508 e. The second kappa shape index (κ2) is 4.23. The van der Waals surface area contributed by atoms with Gasteiger partial charge >= 0.3 is 0 Å². The van der Waals surface area contributed by atoms with E-state index < -0.39 is 0 Å². The Morgan fingerprint density at radius 1 is 1.33 bits per heavy atom. The van der Waals surface area contributed by atoms with Crippen molar-refractivity contribution in [3.05, 3.63) is 29.8 Å². The summed E-state index contributed by atoms with van der Waals surface area (Å²) in [4.78, 5) is 0. The molecule has 0 aromatic heterocycles. The molecule has 1 heterocycles. The van der Waals surface area contributed by atoms with Crippen molar-refractivity contribution in [1.29, 1.82) is 0 Å². The second-order valence-corrected chi connectivity index (χ2v) is 4.43. The molecule has 0 amide bonds. The van der Waals surface area contributed by atoms with Gasteiger partial charge in [0.15, 0.2) is 0 Å². The fraction of sp³-hybridized carbons (Fsp3) is 0.538. The van der Waals surface area contributed by atoms with Gasteiger partial charge in [-0.3, -0.25) is 0 Å². The highest BCUT2D eigenvalue weighted by molar-refractivity contribution is 5.33. The van der Waals surface area contributed by atoms with E-state index in [9.17, 15) is 5.11 Å². The fourth-order valence-corrected chi connectivity index (χ4v) is 2.59. The molecule has 2 rings (SSSR count). The van der Waals surface area contributed by atoms with Crippen LogP contribution in [0.15, 0.2) is 24.3 Å². The summed E-state index contributed by atoms with van der Waals surface area (Å²) in [6, 6.07) is 7.77. The zero-order valence-electron chi connectivity index (χ0n) is 9.29. The van der Waals surface area contributed by atoms with E-state index in [1.165, 1.54) is 18.4 Å². The van der Waals surface area contributed by atoms with Crippen molar-refractivity contribution in [2.75, 3.05) is 13.1 Å². The van der Waals surface area contributed by atoms with Crippen LogP contribution in [-0.4, -0.2) is 18.2 Å². The van der Waals surface area contributed by atoms with Gasteiger partial charge in [0.2, 0.25) is 0 Å². The molecule has 0 unspecified atom stereocenters. The largest absolute Gasteiger partial charge is 0.508 e. The lowest BCUT2D eigenvalue weighted by Gasteiger charge is -2.37. The molecule has 2 N–H and O–H groups in total. The lowest BCUT2D eigenvalue weighted by atomic mass is 9.71. The van der Waals surface area contributed by atoms with Gasteiger partial charge in [-0.25, -0.2) is 0 Å². The minimum absolute atomic E-state index is 0.282. The lowest BCUT2D eigenvalue weighted by molar-refractivity contribution is 0.296. The van der Waals surface area contributed by atoms with E-state index in [2.05, 4.69) is 18.3 Å². The highest BCUT2D eigenvalue weighted by atomic mass is 16.3. The number of piperidine rings is 1. The average molecular weight is 205 g/mol. The van der Waals surface area contributed by atoms with Crippen molar-refractivity contribution in [3.63, 3.8) is 0 Å². The van der Waals surface area contributed by atoms with Crippen LogP contribution in [0.4, 0.5) is 0 Å². The highest BCUT2D eigenvalue weighted by Gasteiger charge is 2.31. The molecular formula is C13H19NO. The van der Waals surface area contributed by atoms with Crippen molar-refractivity contribution in [2.45, 2.75) is 31.6 Å². The van der Waals surface area contributed by atoms with Gasteiger partial charge in [0.25, 0.3) is 0 Å². The van der Waals surface area contributed by atoms with Gasteiger partial charge in [-0.2, -0.15) is 0 Å². The van der Waals surface area contributed by atoms with Gasteiger partial charge in [0, 0.05) is 0 Å². The first-order valence-electron chi connectivity index (χ1n) is 5.77. The number of benzene rings is 1. The maximum absolute atomic E-state index is 9.54. The van der Waals surface area contributed by atoms with Crippen molar-refractivity contribution in [2.24, 2.45) is 0 Å². The van der Waals surface area contributed by atoms with Gasteiger partial charge in [0.05, 0.1) is 0 Å². The molecule has 1 aromatic rings. The summed E-state index contributed by atoms with van der Waals surface area (Å²) in [7, 11) is 0. The van der Waals surface area contributed by atoms with Crippen LogP contribution in [0.25, 0.3) is 0 Å². The number of hydrogen-bond donors (Lipinski definition) is 2. The van der Waals surface area contributed by atoms with Crippen LogP contribution in [-0.2, 0) is 5.41 Å². The molecule has 15 heavy (non-hydrogen) atoms. The second-order valence-electron chi connectivity index (χ2n) is 4.43. The number of aromatic hydroxyl groups is 1. The van der Waals surface area contributed by atoms with Gasteiger partial charge in [0.1, 0.15) is 5.75 Å². The molecule has 2 nitrogen and oxygen atoms in total. The normalized spacial score (nSPS) is 20.1. The van der Waals surface area contributed by atoms with Crippen LogP contribution in [0.5, 0.6) is 5.75 Å². The average Bonchev–Trinajstić information content (AvgIpc) is 2.30. The molecule has 1 aromatic carbocycles. The van der Waals surface area contributed by atoms with Crippen LogP contribution in [0.2, 0.25) is 0 Å². The topological polar surface area (TPSA) is 32.3 Å². The zero-order valence-corrected chi connectivity index (χ0v) is 9.29. The maximum atomic E-state index is 9.54. The number of hydrogen-bond acceptors (Lipinski definition) is 2. The third-order valence-electron chi connectivity index (χ3n) is 3.70. The predicted octanol–water partition coefficient (Wildman–Crippen LogP) is 2.42. The van der Waals surface area contributed by atoms with Crippen LogP contribution in [0.1, 0.15) is 31.7 Å². The van der Waals surface area contributed by atoms with Crippen molar-refractivity contribution >= 4 is 0 Å². The van der Waals surface area contributed by atoms with E-state index in [1.54, 1.807) is 6.07 Å². The third kappa shape index (κ3) is 2.00. The van der Waals surface area contributed by atoms with Crippen LogP contribution < -0.4 is 5.32 Å². The molecule has 0 aliphatic carbocycles. The molecule has 82 valence electrons. The smallest absolute Gasteiger partial charge is 0.115 e. The van der Waals surface area contributed by atoms with Crippen LogP contribution in [0, 0.1) is 0 Å². The van der Waals surface area contributed by atoms with Crippen LogP contribution >= 0.6 is 0 Å². The number of phenolic OH excluding ortho intramolecular Hbond substituents is 1. The van der Waals surface area contributed by atoms with Crippen molar-refractivity contribution in [3.8, 4) is 5.75 Å². The summed E-state index contributed by atoms with van der Waals surface area (Å²) >= 11 is 0. The number of nitrogens with one attached hydrogen (secondary N) is 1. The summed E-state index contributed by atoms with van der Waals surface area (Å²) in [5.74, 6) is 0.388. The molecule has 1 aliphatic heterocycles. The lowest BCUT2D eigenvalue weighted by Crippen LogP contribution is -2.39. The maximum Gasteiger partial charge on any atom is 0.115 e. The van der Waals surface area contributed by atoms with Gasteiger partial charge < -0.3 is 10.4 Å². The molecule has 0 bridgehead atoms. The first-order valence-corrected chi connectivity index (χ1v) is 5.77. The van der Waals surface area contributed by atoms with E-state index in [1.807, 2.05) is 12.1 Å². The van der Waals surface area contributed by atoms with E-state index in [0.29, 0.717) is 5.75 Å². The molecule has 2 heteroatoms. The molecule has 0 spiro atoms. The minimum atomic E-state index is 0.282. The summed E-state index contributed by atoms with van der Waals surface area (Å²) in [6.45, 7) is 4.42. The SMILES string of the molecule is CCC1(c2cccc(O)c2)CCNCC1. The van der Waals surface area contributed by atoms with Crippen molar-refractivity contribution < 1.29 is 5.11 Å². The van der Waals surface area contributed by atoms with E-state index in [4.69, 9.17) is 0 Å². The first-order chi connectivity index (χ1) is 7.27. The molecule has 0 radical (unpaired) electrons. The Kier molecular flexibility index (Phi) is 2.96. The Morgan fingerprint density at radius 3 is 2.67 bits per heavy atom. The Hall–Kier alpha value is -1.02. The summed E-state index contributed by atoms with van der Waals surface area (Å²) in [6.07, 6.45) is 3.50. The summed E-state index contributed by atoms with van der Waals surface area (Å²) < 4.78 is 0. The van der Waals surface area contributed by atoms with E-state index in [-0.39, 0.29) is 5.41 Å². The van der Waals surface area contributed by atoms with Gasteiger partial charge in [-0.15, -0.1) is 0 Å². The molecule has 0 saturated carbocycles. The number of phenols is 1. The zero-order chi connectivity index (χ0) is 10.7. The molecule has 0 atom stereocenters. The fourth-order valence-electron chi connectivity index (χ4n) is 2.59. The quantitative estimate of drug-likeness (QED) is 0.777. The van der Waals surface area contributed by atoms with Crippen molar-refractivity contribution in [1.82, 2.24) is 5.32 Å². The monoisotopic (exact) mass is 205 g/mol. The third-order valence-corrected chi connectivity index (χ3v) is 3.70. The Morgan fingerprint density at radius 2 is 2.07 bits per heavy atom. The Bertz CT molecular complexity index is 329. The molecule has 1 fully saturated rings. The summed E-state index contributed by atoms with van der Waals surface area (Å²) in [5, 5.41) is 12.9. The van der Waals surface area contributed by atoms with E-state index in [0.717, 1.165) is 19.5 Å². The molecule has 1 saturated heterocycles.